The summed E-state index contributed by atoms with van der Waals surface area (Å²) in [7, 11) is 4.41. The van der Waals surface area contributed by atoms with Gasteiger partial charge >= 0.3 is 0 Å². The summed E-state index contributed by atoms with van der Waals surface area (Å²) in [5.74, 6) is 1.26. The minimum absolute atomic E-state index is 0.412. The lowest BCUT2D eigenvalue weighted by molar-refractivity contribution is 0.0647. The molecule has 3 heteroatoms. The van der Waals surface area contributed by atoms with Crippen molar-refractivity contribution in [1.29, 1.82) is 0 Å². The van der Waals surface area contributed by atoms with Crippen molar-refractivity contribution < 1.29 is 0 Å². The second-order valence-corrected chi connectivity index (χ2v) is 5.46. The van der Waals surface area contributed by atoms with Crippen LogP contribution in [0.25, 0.3) is 0 Å². The lowest BCUT2D eigenvalue weighted by Gasteiger charge is -2.47. The second-order valence-electron chi connectivity index (χ2n) is 5.46. The fraction of sp³-hybridized carbons (Fsp3) is 0.923. The molecule has 1 N–H and O–H groups in total. The Morgan fingerprint density at radius 3 is 2.62 bits per heavy atom. The number of hydrogen-bond acceptors (Lipinski definition) is 3. The first kappa shape index (κ1) is 11.9. The van der Waals surface area contributed by atoms with Gasteiger partial charge in [-0.05, 0) is 46.2 Å². The predicted octanol–water partition coefficient (Wildman–Crippen LogP) is 2.03. The van der Waals surface area contributed by atoms with Crippen LogP contribution in [0.5, 0.6) is 0 Å². The van der Waals surface area contributed by atoms with Gasteiger partial charge in [0.2, 0.25) is 0 Å². The smallest absolute Gasteiger partial charge is 0.0963 e. The molecular weight excluding hydrogens is 198 g/mol. The van der Waals surface area contributed by atoms with E-state index in [4.69, 9.17) is 0 Å². The van der Waals surface area contributed by atoms with Crippen LogP contribution in [0.3, 0.4) is 0 Å². The summed E-state index contributed by atoms with van der Waals surface area (Å²) in [5, 5.41) is 3.59. The van der Waals surface area contributed by atoms with Gasteiger partial charge in [-0.2, -0.15) is 0 Å². The van der Waals surface area contributed by atoms with Crippen LogP contribution in [0, 0.1) is 0 Å². The van der Waals surface area contributed by atoms with E-state index < -0.39 is 0 Å². The second kappa shape index (κ2) is 5.17. The molecule has 1 saturated carbocycles. The van der Waals surface area contributed by atoms with Gasteiger partial charge in [0.25, 0.3) is 0 Å². The largest absolute Gasteiger partial charge is 0.372 e. The van der Waals surface area contributed by atoms with Gasteiger partial charge in [-0.1, -0.05) is 6.42 Å². The molecule has 0 aromatic carbocycles. The third-order valence-corrected chi connectivity index (χ3v) is 4.23. The summed E-state index contributed by atoms with van der Waals surface area (Å²) in [6, 6.07) is 0. The zero-order chi connectivity index (χ0) is 11.4. The maximum absolute atomic E-state index is 4.63. The maximum atomic E-state index is 4.63. The van der Waals surface area contributed by atoms with Crippen LogP contribution in [-0.2, 0) is 0 Å². The van der Waals surface area contributed by atoms with E-state index >= 15 is 0 Å². The normalized spacial score (nSPS) is 24.6. The van der Waals surface area contributed by atoms with Gasteiger partial charge in [-0.25, -0.2) is 0 Å². The van der Waals surface area contributed by atoms with E-state index in [1.165, 1.54) is 44.4 Å². The fourth-order valence-corrected chi connectivity index (χ4v) is 2.65. The number of rotatable bonds is 3. The van der Waals surface area contributed by atoms with Crippen LogP contribution in [0.4, 0.5) is 0 Å². The van der Waals surface area contributed by atoms with Gasteiger partial charge in [-0.3, -0.25) is 4.99 Å². The molecule has 0 radical (unpaired) electrons. The lowest BCUT2D eigenvalue weighted by atomic mass is 9.75. The summed E-state index contributed by atoms with van der Waals surface area (Å²) < 4.78 is 0. The monoisotopic (exact) mass is 223 g/mol. The molecule has 0 bridgehead atoms. The first-order valence-electron chi connectivity index (χ1n) is 6.68. The first-order chi connectivity index (χ1) is 7.73. The van der Waals surface area contributed by atoms with Crippen molar-refractivity contribution in [3.8, 4) is 0 Å². The van der Waals surface area contributed by atoms with E-state index in [9.17, 15) is 0 Å². The molecular formula is C13H25N3. The van der Waals surface area contributed by atoms with Crippen molar-refractivity contribution >= 4 is 5.84 Å². The maximum Gasteiger partial charge on any atom is 0.0963 e. The highest BCUT2D eigenvalue weighted by atomic mass is 15.2. The van der Waals surface area contributed by atoms with Crippen molar-refractivity contribution in [3.63, 3.8) is 0 Å². The van der Waals surface area contributed by atoms with Crippen LogP contribution >= 0.6 is 0 Å². The molecule has 1 heterocycles. The zero-order valence-electron chi connectivity index (χ0n) is 10.8. The molecule has 0 amide bonds. The number of amidine groups is 1. The Bertz CT molecular complexity index is 254. The van der Waals surface area contributed by atoms with Crippen molar-refractivity contribution in [2.75, 3.05) is 27.2 Å². The summed E-state index contributed by atoms with van der Waals surface area (Å²) in [6.45, 7) is 2.11. The standard InChI is InChI=1S/C13H25N3/c1-16(2)13(8-6-9-13)11-15-12-7-4-3-5-10-14-12/h3-11H2,1-2H3,(H,14,15). The highest BCUT2D eigenvalue weighted by Crippen LogP contribution is 2.35. The highest BCUT2D eigenvalue weighted by Gasteiger charge is 2.38. The third-order valence-electron chi connectivity index (χ3n) is 4.23. The van der Waals surface area contributed by atoms with E-state index in [2.05, 4.69) is 29.3 Å². The topological polar surface area (TPSA) is 27.6 Å². The molecule has 1 aliphatic carbocycles. The van der Waals surface area contributed by atoms with E-state index in [0.29, 0.717) is 5.54 Å². The first-order valence-corrected chi connectivity index (χ1v) is 6.68. The number of nitrogens with zero attached hydrogens (tertiary/aromatic N) is 2. The zero-order valence-corrected chi connectivity index (χ0v) is 10.8. The SMILES string of the molecule is CN(C)C1(CNC2=NCCCCC2)CCC1. The Labute approximate surface area is 99.3 Å². The van der Waals surface area contributed by atoms with Crippen LogP contribution in [-0.4, -0.2) is 43.5 Å². The van der Waals surface area contributed by atoms with Crippen molar-refractivity contribution in [2.24, 2.45) is 4.99 Å². The Morgan fingerprint density at radius 2 is 2.00 bits per heavy atom. The minimum atomic E-state index is 0.412. The molecule has 2 rings (SSSR count). The van der Waals surface area contributed by atoms with Crippen LogP contribution < -0.4 is 5.32 Å². The Balaban J connectivity index is 1.83. The molecule has 0 spiro atoms. The van der Waals surface area contributed by atoms with E-state index in [1.54, 1.807) is 0 Å². The number of hydrogen-bond donors (Lipinski definition) is 1. The minimum Gasteiger partial charge on any atom is -0.372 e. The van der Waals surface area contributed by atoms with Crippen LogP contribution in [0.2, 0.25) is 0 Å². The molecule has 1 aliphatic heterocycles. The summed E-state index contributed by atoms with van der Waals surface area (Å²) >= 11 is 0. The van der Waals surface area contributed by atoms with Gasteiger partial charge in [0, 0.05) is 25.0 Å². The number of nitrogens with one attached hydrogen (secondary N) is 1. The van der Waals surface area contributed by atoms with Gasteiger partial charge in [0.05, 0.1) is 5.84 Å². The molecule has 0 aromatic heterocycles. The van der Waals surface area contributed by atoms with Crippen molar-refractivity contribution in [3.05, 3.63) is 0 Å². The van der Waals surface area contributed by atoms with Crippen LogP contribution in [0.15, 0.2) is 4.99 Å². The molecule has 0 atom stereocenters. The molecule has 3 nitrogen and oxygen atoms in total. The summed E-state index contributed by atoms with van der Waals surface area (Å²) in [4.78, 5) is 7.02. The average molecular weight is 223 g/mol. The van der Waals surface area contributed by atoms with E-state index in [-0.39, 0.29) is 0 Å². The quantitative estimate of drug-likeness (QED) is 0.793. The predicted molar refractivity (Wildman–Crippen MR) is 69.0 cm³/mol. The molecule has 0 unspecified atom stereocenters. The lowest BCUT2D eigenvalue weighted by Crippen LogP contribution is -2.57. The van der Waals surface area contributed by atoms with Crippen molar-refractivity contribution in [2.45, 2.75) is 50.5 Å². The Hall–Kier alpha value is -0.570. The van der Waals surface area contributed by atoms with Gasteiger partial charge < -0.3 is 10.2 Å². The summed E-state index contributed by atoms with van der Waals surface area (Å²) in [6.07, 6.45) is 9.12. The highest BCUT2D eigenvalue weighted by molar-refractivity contribution is 5.82. The van der Waals surface area contributed by atoms with Gasteiger partial charge in [-0.15, -0.1) is 0 Å². The molecule has 2 aliphatic rings. The van der Waals surface area contributed by atoms with Gasteiger partial charge in [0.15, 0.2) is 0 Å². The molecule has 0 aromatic rings. The van der Waals surface area contributed by atoms with Gasteiger partial charge in [0.1, 0.15) is 0 Å². The van der Waals surface area contributed by atoms with Crippen molar-refractivity contribution in [1.82, 2.24) is 10.2 Å². The number of likely N-dealkylation sites (N-methyl/N-ethyl adjacent to an activating group) is 1. The fourth-order valence-electron chi connectivity index (χ4n) is 2.65. The van der Waals surface area contributed by atoms with E-state index in [0.717, 1.165) is 19.5 Å². The molecule has 16 heavy (non-hydrogen) atoms. The average Bonchev–Trinajstić information content (AvgIpc) is 2.44. The molecule has 1 fully saturated rings. The van der Waals surface area contributed by atoms with E-state index in [1.807, 2.05) is 0 Å². The Kier molecular flexibility index (Phi) is 3.85. The third kappa shape index (κ3) is 2.57. The number of aliphatic imine (C=N–C) groups is 1. The molecule has 0 saturated heterocycles. The molecule has 92 valence electrons. The van der Waals surface area contributed by atoms with Crippen LogP contribution in [0.1, 0.15) is 44.9 Å². The summed E-state index contributed by atoms with van der Waals surface area (Å²) in [5.41, 5.74) is 0.412. The Morgan fingerprint density at radius 1 is 1.19 bits per heavy atom.